The molecule has 0 saturated carbocycles. The van der Waals surface area contributed by atoms with Crippen molar-refractivity contribution in [2.75, 3.05) is 0 Å². The Labute approximate surface area is 113 Å². The standard InChI is InChI=1S/C17H16O2/c1-12-8-9-13(2)15(10-12)16(17(18)19)11-14-6-4-3-5-7-14/h3-11H,1-2H3,(H,18,19). The molecule has 0 bridgehead atoms. The van der Waals surface area contributed by atoms with Crippen molar-refractivity contribution < 1.29 is 9.90 Å². The van der Waals surface area contributed by atoms with E-state index in [1.54, 1.807) is 6.08 Å². The summed E-state index contributed by atoms with van der Waals surface area (Å²) in [6.07, 6.45) is 1.71. The summed E-state index contributed by atoms with van der Waals surface area (Å²) in [6.45, 7) is 3.89. The SMILES string of the molecule is Cc1ccc(C)c(C(=Cc2ccccc2)C(=O)O)c1. The van der Waals surface area contributed by atoms with E-state index in [2.05, 4.69) is 0 Å². The highest BCUT2D eigenvalue weighted by Crippen LogP contribution is 2.23. The van der Waals surface area contributed by atoms with E-state index in [0.717, 1.165) is 22.3 Å². The van der Waals surface area contributed by atoms with E-state index in [0.29, 0.717) is 5.57 Å². The third-order valence-electron chi connectivity index (χ3n) is 3.02. The maximum atomic E-state index is 11.5. The van der Waals surface area contributed by atoms with Gasteiger partial charge in [0.2, 0.25) is 0 Å². The molecule has 2 aromatic rings. The molecule has 0 aliphatic rings. The molecule has 0 aliphatic heterocycles. The summed E-state index contributed by atoms with van der Waals surface area (Å²) in [5.41, 5.74) is 4.01. The van der Waals surface area contributed by atoms with Crippen molar-refractivity contribution >= 4 is 17.6 Å². The van der Waals surface area contributed by atoms with Crippen molar-refractivity contribution in [2.45, 2.75) is 13.8 Å². The molecule has 96 valence electrons. The Balaban J connectivity index is 2.55. The lowest BCUT2D eigenvalue weighted by Crippen LogP contribution is -2.02. The molecule has 0 heterocycles. The first kappa shape index (κ1) is 13.1. The second kappa shape index (κ2) is 5.53. The molecule has 0 aromatic heterocycles. The predicted octanol–water partition coefficient (Wildman–Crippen LogP) is 3.93. The van der Waals surface area contributed by atoms with Crippen LogP contribution in [0.25, 0.3) is 11.6 Å². The zero-order chi connectivity index (χ0) is 13.8. The van der Waals surface area contributed by atoms with Crippen molar-refractivity contribution in [3.8, 4) is 0 Å². The third kappa shape index (κ3) is 3.10. The molecule has 2 rings (SSSR count). The van der Waals surface area contributed by atoms with Gasteiger partial charge >= 0.3 is 5.97 Å². The molecule has 2 heteroatoms. The average molecular weight is 252 g/mol. The lowest BCUT2D eigenvalue weighted by Gasteiger charge is -2.08. The van der Waals surface area contributed by atoms with E-state index in [4.69, 9.17) is 0 Å². The Morgan fingerprint density at radius 1 is 1.05 bits per heavy atom. The van der Waals surface area contributed by atoms with Crippen LogP contribution in [0, 0.1) is 13.8 Å². The van der Waals surface area contributed by atoms with Gasteiger partial charge in [0.25, 0.3) is 0 Å². The van der Waals surface area contributed by atoms with Crippen LogP contribution in [-0.4, -0.2) is 11.1 Å². The first-order valence-electron chi connectivity index (χ1n) is 6.15. The Morgan fingerprint density at radius 2 is 1.74 bits per heavy atom. The fourth-order valence-corrected chi connectivity index (χ4v) is 2.00. The van der Waals surface area contributed by atoms with Gasteiger partial charge in [-0.1, -0.05) is 54.1 Å². The van der Waals surface area contributed by atoms with Crippen LogP contribution in [0.3, 0.4) is 0 Å². The summed E-state index contributed by atoms with van der Waals surface area (Å²) in [5.74, 6) is -0.905. The Bertz CT molecular complexity index is 625. The molecule has 0 radical (unpaired) electrons. The molecule has 0 fully saturated rings. The molecular weight excluding hydrogens is 236 g/mol. The number of rotatable bonds is 3. The van der Waals surface area contributed by atoms with Gasteiger partial charge in [-0.25, -0.2) is 4.79 Å². The van der Waals surface area contributed by atoms with Crippen LogP contribution in [-0.2, 0) is 4.79 Å². The number of carbonyl (C=O) groups is 1. The van der Waals surface area contributed by atoms with Gasteiger partial charge in [-0.05, 0) is 36.6 Å². The Morgan fingerprint density at radius 3 is 2.37 bits per heavy atom. The summed E-state index contributed by atoms with van der Waals surface area (Å²) in [7, 11) is 0. The molecule has 0 saturated heterocycles. The molecular formula is C17H16O2. The van der Waals surface area contributed by atoms with Crippen LogP contribution in [0.4, 0.5) is 0 Å². The first-order chi connectivity index (χ1) is 9.08. The van der Waals surface area contributed by atoms with Crippen molar-refractivity contribution in [1.29, 1.82) is 0 Å². The zero-order valence-corrected chi connectivity index (χ0v) is 11.1. The van der Waals surface area contributed by atoms with E-state index in [1.807, 2.05) is 62.4 Å². The van der Waals surface area contributed by atoms with Gasteiger partial charge in [-0.2, -0.15) is 0 Å². The van der Waals surface area contributed by atoms with Crippen LogP contribution >= 0.6 is 0 Å². The van der Waals surface area contributed by atoms with Crippen molar-refractivity contribution in [2.24, 2.45) is 0 Å². The fraction of sp³-hybridized carbons (Fsp3) is 0.118. The van der Waals surface area contributed by atoms with Gasteiger partial charge in [0, 0.05) is 0 Å². The smallest absolute Gasteiger partial charge is 0.336 e. The molecule has 0 spiro atoms. The maximum Gasteiger partial charge on any atom is 0.336 e. The summed E-state index contributed by atoms with van der Waals surface area (Å²) >= 11 is 0. The number of hydrogen-bond donors (Lipinski definition) is 1. The molecule has 2 nitrogen and oxygen atoms in total. The van der Waals surface area contributed by atoms with Gasteiger partial charge in [-0.3, -0.25) is 0 Å². The average Bonchev–Trinajstić information content (AvgIpc) is 2.40. The summed E-state index contributed by atoms with van der Waals surface area (Å²) in [4.78, 5) is 11.5. The van der Waals surface area contributed by atoms with Gasteiger partial charge < -0.3 is 5.11 Å². The second-order valence-corrected chi connectivity index (χ2v) is 4.59. The lowest BCUT2D eigenvalue weighted by molar-refractivity contribution is -0.130. The van der Waals surface area contributed by atoms with Crippen molar-refractivity contribution in [1.82, 2.24) is 0 Å². The maximum absolute atomic E-state index is 11.5. The minimum Gasteiger partial charge on any atom is -0.478 e. The molecule has 0 atom stereocenters. The molecule has 0 aliphatic carbocycles. The minimum absolute atomic E-state index is 0.326. The number of aliphatic carboxylic acids is 1. The van der Waals surface area contributed by atoms with E-state index in [9.17, 15) is 9.90 Å². The number of hydrogen-bond acceptors (Lipinski definition) is 1. The number of aryl methyl sites for hydroxylation is 2. The quantitative estimate of drug-likeness (QED) is 0.664. The molecule has 0 amide bonds. The van der Waals surface area contributed by atoms with E-state index >= 15 is 0 Å². The molecule has 2 aromatic carbocycles. The predicted molar refractivity (Wildman–Crippen MR) is 77.9 cm³/mol. The third-order valence-corrected chi connectivity index (χ3v) is 3.02. The van der Waals surface area contributed by atoms with Crippen molar-refractivity contribution in [3.63, 3.8) is 0 Å². The molecule has 0 unspecified atom stereocenters. The van der Waals surface area contributed by atoms with Crippen LogP contribution in [0.1, 0.15) is 22.3 Å². The highest BCUT2D eigenvalue weighted by Gasteiger charge is 2.13. The van der Waals surface area contributed by atoms with Gasteiger partial charge in [0.05, 0.1) is 5.57 Å². The largest absolute Gasteiger partial charge is 0.478 e. The van der Waals surface area contributed by atoms with E-state index < -0.39 is 5.97 Å². The van der Waals surface area contributed by atoms with Crippen LogP contribution in [0.5, 0.6) is 0 Å². The number of carboxylic acid groups (broad SMARTS) is 1. The van der Waals surface area contributed by atoms with Crippen LogP contribution < -0.4 is 0 Å². The van der Waals surface area contributed by atoms with Crippen LogP contribution in [0.15, 0.2) is 48.5 Å². The van der Waals surface area contributed by atoms with Crippen LogP contribution in [0.2, 0.25) is 0 Å². The monoisotopic (exact) mass is 252 g/mol. The summed E-state index contributed by atoms with van der Waals surface area (Å²) in [5, 5.41) is 9.44. The fourth-order valence-electron chi connectivity index (χ4n) is 2.00. The number of benzene rings is 2. The molecule has 1 N–H and O–H groups in total. The minimum atomic E-state index is -0.905. The first-order valence-corrected chi connectivity index (χ1v) is 6.15. The Hall–Kier alpha value is -2.35. The lowest BCUT2D eigenvalue weighted by atomic mass is 9.96. The summed E-state index contributed by atoms with van der Waals surface area (Å²) in [6, 6.07) is 15.4. The summed E-state index contributed by atoms with van der Waals surface area (Å²) < 4.78 is 0. The Kier molecular flexibility index (Phi) is 3.81. The highest BCUT2D eigenvalue weighted by atomic mass is 16.4. The van der Waals surface area contributed by atoms with Gasteiger partial charge in [0.1, 0.15) is 0 Å². The topological polar surface area (TPSA) is 37.3 Å². The van der Waals surface area contributed by atoms with E-state index in [-0.39, 0.29) is 0 Å². The second-order valence-electron chi connectivity index (χ2n) is 4.59. The van der Waals surface area contributed by atoms with Crippen molar-refractivity contribution in [3.05, 3.63) is 70.8 Å². The molecule has 19 heavy (non-hydrogen) atoms. The normalized spacial score (nSPS) is 11.4. The number of carboxylic acids is 1. The van der Waals surface area contributed by atoms with Gasteiger partial charge in [0.15, 0.2) is 0 Å². The van der Waals surface area contributed by atoms with Gasteiger partial charge in [-0.15, -0.1) is 0 Å². The van der Waals surface area contributed by atoms with E-state index in [1.165, 1.54) is 0 Å². The zero-order valence-electron chi connectivity index (χ0n) is 11.1. The highest BCUT2D eigenvalue weighted by molar-refractivity contribution is 6.21.